The van der Waals surface area contributed by atoms with E-state index in [9.17, 15) is 4.79 Å². The van der Waals surface area contributed by atoms with Gasteiger partial charge in [-0.15, -0.1) is 0 Å². The Kier molecular flexibility index (Phi) is 3.00. The summed E-state index contributed by atoms with van der Waals surface area (Å²) in [7, 11) is 0. The van der Waals surface area contributed by atoms with Gasteiger partial charge in [0, 0.05) is 12.3 Å². The maximum Gasteiger partial charge on any atom is 0.140 e. The maximum absolute atomic E-state index is 12.4. The lowest BCUT2D eigenvalue weighted by Crippen LogP contribution is -2.23. The quantitative estimate of drug-likeness (QED) is 0.767. The maximum atomic E-state index is 12.4. The zero-order valence-electron chi connectivity index (χ0n) is 10.3. The summed E-state index contributed by atoms with van der Waals surface area (Å²) in [5.41, 5.74) is 2.73. The third kappa shape index (κ3) is 2.15. The van der Waals surface area contributed by atoms with Gasteiger partial charge in [0.25, 0.3) is 0 Å². The van der Waals surface area contributed by atoms with Gasteiger partial charge < -0.3 is 0 Å². The first kappa shape index (κ1) is 11.0. The molecule has 90 valence electrons. The minimum atomic E-state index is 0.209. The Morgan fingerprint density at radius 2 is 1.94 bits per heavy atom. The molecule has 0 bridgehead atoms. The summed E-state index contributed by atoms with van der Waals surface area (Å²) in [6.45, 7) is 0. The van der Waals surface area contributed by atoms with Crippen LogP contribution in [0.1, 0.15) is 55.6 Å². The van der Waals surface area contributed by atoms with Crippen molar-refractivity contribution in [1.82, 2.24) is 0 Å². The molecular weight excluding hydrogens is 208 g/mol. The Bertz CT molecular complexity index is 417. The van der Waals surface area contributed by atoms with E-state index in [1.807, 2.05) is 0 Å². The minimum Gasteiger partial charge on any atom is -0.299 e. The minimum absolute atomic E-state index is 0.209. The van der Waals surface area contributed by atoms with Crippen molar-refractivity contribution in [3.63, 3.8) is 0 Å². The number of carbonyl (C=O) groups excluding carboxylic acids is 1. The van der Waals surface area contributed by atoms with Crippen molar-refractivity contribution >= 4 is 5.78 Å². The standard InChI is InChI=1S/C16H20O/c17-16(11-12-5-3-6-12)15-10-4-8-13-7-1-2-9-14(13)15/h1-2,7,9,12,15H,3-6,8,10-11H2. The molecule has 1 nitrogen and oxygen atoms in total. The number of hydrogen-bond acceptors (Lipinski definition) is 1. The van der Waals surface area contributed by atoms with Crippen molar-refractivity contribution in [2.45, 2.75) is 50.9 Å². The van der Waals surface area contributed by atoms with Crippen LogP contribution in [0.5, 0.6) is 0 Å². The molecule has 1 unspecified atom stereocenters. The third-order valence-corrected chi connectivity index (χ3v) is 4.47. The molecule has 1 saturated carbocycles. The number of rotatable bonds is 3. The normalized spacial score (nSPS) is 23.9. The molecule has 1 aromatic rings. The predicted molar refractivity (Wildman–Crippen MR) is 69.1 cm³/mol. The summed E-state index contributed by atoms with van der Waals surface area (Å²) in [5, 5.41) is 0. The second-order valence-electron chi connectivity index (χ2n) is 5.61. The van der Waals surface area contributed by atoms with Gasteiger partial charge in [0.15, 0.2) is 0 Å². The molecule has 0 amide bonds. The summed E-state index contributed by atoms with van der Waals surface area (Å²) in [6.07, 6.45) is 8.13. The van der Waals surface area contributed by atoms with Crippen molar-refractivity contribution in [3.8, 4) is 0 Å². The van der Waals surface area contributed by atoms with E-state index in [-0.39, 0.29) is 5.92 Å². The average Bonchev–Trinajstić information content (AvgIpc) is 2.33. The number of aryl methyl sites for hydroxylation is 1. The molecule has 2 aliphatic rings. The molecule has 0 radical (unpaired) electrons. The largest absolute Gasteiger partial charge is 0.299 e. The smallest absolute Gasteiger partial charge is 0.140 e. The van der Waals surface area contributed by atoms with Gasteiger partial charge in [0.1, 0.15) is 5.78 Å². The highest BCUT2D eigenvalue weighted by Crippen LogP contribution is 2.36. The molecule has 0 N–H and O–H groups in total. The Morgan fingerprint density at radius 3 is 2.71 bits per heavy atom. The van der Waals surface area contributed by atoms with Gasteiger partial charge in [0.05, 0.1) is 0 Å². The van der Waals surface area contributed by atoms with Gasteiger partial charge in [-0.2, -0.15) is 0 Å². The topological polar surface area (TPSA) is 17.1 Å². The molecule has 0 aromatic heterocycles. The molecule has 1 fully saturated rings. The summed E-state index contributed by atoms with van der Waals surface area (Å²) in [5.74, 6) is 1.42. The second kappa shape index (κ2) is 4.64. The molecule has 0 saturated heterocycles. The second-order valence-corrected chi connectivity index (χ2v) is 5.61. The van der Waals surface area contributed by atoms with Crippen LogP contribution in [0.25, 0.3) is 0 Å². The fourth-order valence-electron chi connectivity index (χ4n) is 3.21. The highest BCUT2D eigenvalue weighted by molar-refractivity contribution is 5.86. The van der Waals surface area contributed by atoms with Crippen molar-refractivity contribution < 1.29 is 4.79 Å². The zero-order chi connectivity index (χ0) is 11.7. The van der Waals surface area contributed by atoms with E-state index in [2.05, 4.69) is 24.3 Å². The average molecular weight is 228 g/mol. The van der Waals surface area contributed by atoms with E-state index in [0.717, 1.165) is 19.3 Å². The van der Waals surface area contributed by atoms with Crippen molar-refractivity contribution in [3.05, 3.63) is 35.4 Å². The molecule has 2 aliphatic carbocycles. The van der Waals surface area contributed by atoms with Crippen molar-refractivity contribution in [1.29, 1.82) is 0 Å². The molecule has 17 heavy (non-hydrogen) atoms. The fourth-order valence-corrected chi connectivity index (χ4v) is 3.21. The monoisotopic (exact) mass is 228 g/mol. The van der Waals surface area contributed by atoms with Crippen LogP contribution in [-0.2, 0) is 11.2 Å². The molecule has 1 heteroatoms. The SMILES string of the molecule is O=C(CC1CCC1)C1CCCc2ccccc21. The van der Waals surface area contributed by atoms with Crippen LogP contribution in [0, 0.1) is 5.92 Å². The summed E-state index contributed by atoms with van der Waals surface area (Å²) >= 11 is 0. The van der Waals surface area contributed by atoms with Crippen molar-refractivity contribution in [2.24, 2.45) is 5.92 Å². The highest BCUT2D eigenvalue weighted by atomic mass is 16.1. The number of Topliss-reactive ketones (excluding diaryl/α,β-unsaturated/α-hetero) is 1. The Hall–Kier alpha value is -1.11. The molecule has 0 aliphatic heterocycles. The fraction of sp³-hybridized carbons (Fsp3) is 0.562. The molecule has 1 atom stereocenters. The third-order valence-electron chi connectivity index (χ3n) is 4.47. The first-order chi connectivity index (χ1) is 8.34. The molecule has 0 spiro atoms. The Morgan fingerprint density at radius 1 is 1.12 bits per heavy atom. The molecule has 0 heterocycles. The first-order valence-corrected chi connectivity index (χ1v) is 6.95. The first-order valence-electron chi connectivity index (χ1n) is 6.95. The van der Waals surface area contributed by atoms with Gasteiger partial charge in [-0.1, -0.05) is 43.5 Å². The number of hydrogen-bond donors (Lipinski definition) is 0. The van der Waals surface area contributed by atoms with Crippen LogP contribution in [0.4, 0.5) is 0 Å². The highest BCUT2D eigenvalue weighted by Gasteiger charge is 2.29. The van der Waals surface area contributed by atoms with Crippen LogP contribution >= 0.6 is 0 Å². The van der Waals surface area contributed by atoms with Crippen LogP contribution in [0.2, 0.25) is 0 Å². The van der Waals surface area contributed by atoms with Gasteiger partial charge in [0.2, 0.25) is 0 Å². The van der Waals surface area contributed by atoms with E-state index in [4.69, 9.17) is 0 Å². The van der Waals surface area contributed by atoms with E-state index < -0.39 is 0 Å². The molecule has 3 rings (SSSR count). The van der Waals surface area contributed by atoms with E-state index in [1.165, 1.54) is 36.8 Å². The lowest BCUT2D eigenvalue weighted by Gasteiger charge is -2.29. The summed E-state index contributed by atoms with van der Waals surface area (Å²) in [6, 6.07) is 8.53. The van der Waals surface area contributed by atoms with E-state index in [1.54, 1.807) is 0 Å². The predicted octanol–water partition coefficient (Wildman–Crippen LogP) is 3.87. The number of carbonyl (C=O) groups is 1. The van der Waals surface area contributed by atoms with Crippen LogP contribution in [0.15, 0.2) is 24.3 Å². The van der Waals surface area contributed by atoms with Crippen LogP contribution < -0.4 is 0 Å². The Labute approximate surface area is 103 Å². The lowest BCUT2D eigenvalue weighted by molar-refractivity contribution is -0.122. The van der Waals surface area contributed by atoms with Gasteiger partial charge in [-0.25, -0.2) is 0 Å². The van der Waals surface area contributed by atoms with Crippen molar-refractivity contribution in [2.75, 3.05) is 0 Å². The number of benzene rings is 1. The number of ketones is 1. The van der Waals surface area contributed by atoms with Gasteiger partial charge >= 0.3 is 0 Å². The summed E-state index contributed by atoms with van der Waals surface area (Å²) < 4.78 is 0. The molecule has 1 aromatic carbocycles. The number of fused-ring (bicyclic) bond motifs is 1. The van der Waals surface area contributed by atoms with Crippen LogP contribution in [-0.4, -0.2) is 5.78 Å². The van der Waals surface area contributed by atoms with Gasteiger partial charge in [-0.05, 0) is 36.3 Å². The zero-order valence-corrected chi connectivity index (χ0v) is 10.3. The van der Waals surface area contributed by atoms with Crippen LogP contribution in [0.3, 0.4) is 0 Å². The van der Waals surface area contributed by atoms with E-state index >= 15 is 0 Å². The summed E-state index contributed by atoms with van der Waals surface area (Å²) in [4.78, 5) is 12.4. The van der Waals surface area contributed by atoms with E-state index in [0.29, 0.717) is 11.7 Å². The molecular formula is C16H20O. The Balaban J connectivity index is 1.77. The lowest BCUT2D eigenvalue weighted by atomic mass is 9.75. The van der Waals surface area contributed by atoms with Gasteiger partial charge in [-0.3, -0.25) is 4.79 Å².